The Morgan fingerprint density at radius 2 is 1.79 bits per heavy atom. The van der Waals surface area contributed by atoms with Gasteiger partial charge < -0.3 is 19.7 Å². The van der Waals surface area contributed by atoms with E-state index in [4.69, 9.17) is 9.47 Å². The first kappa shape index (κ1) is 34.4. The summed E-state index contributed by atoms with van der Waals surface area (Å²) in [5.41, 5.74) is -3.20. The number of ether oxygens (including phenoxy) is 2. The van der Waals surface area contributed by atoms with Crippen LogP contribution in [-0.4, -0.2) is 85.3 Å². The summed E-state index contributed by atoms with van der Waals surface area (Å²) >= 11 is 0. The molecule has 2 atom stereocenters. The number of aromatic nitrogens is 3. The lowest BCUT2D eigenvalue weighted by atomic mass is 10.1. The summed E-state index contributed by atoms with van der Waals surface area (Å²) in [5, 5.41) is 6.50. The Morgan fingerprint density at radius 3 is 2.45 bits per heavy atom. The maximum Gasteiger partial charge on any atom is 0.423 e. The monoisotopic (exact) mass is 690 g/mol. The predicted molar refractivity (Wildman–Crippen MR) is 159 cm³/mol. The zero-order chi connectivity index (χ0) is 34.1. The lowest BCUT2D eigenvalue weighted by Gasteiger charge is -2.37. The topological polar surface area (TPSA) is 119 Å². The largest absolute Gasteiger partial charge is 0.497 e. The Morgan fingerprint density at radius 1 is 1.06 bits per heavy atom. The molecule has 0 radical (unpaired) electrons. The molecule has 1 saturated heterocycles. The first-order valence-corrected chi connectivity index (χ1v) is 16.1. The van der Waals surface area contributed by atoms with E-state index in [2.05, 4.69) is 15.4 Å². The Kier molecular flexibility index (Phi) is 9.75. The number of hydrogen-bond donors (Lipinski definition) is 1. The average Bonchev–Trinajstić information content (AvgIpc) is 3.37. The number of halogens is 6. The Bertz CT molecular complexity index is 1750. The highest BCUT2D eigenvalue weighted by molar-refractivity contribution is 7.89. The first-order chi connectivity index (χ1) is 22.1. The van der Waals surface area contributed by atoms with E-state index in [0.717, 1.165) is 18.5 Å². The van der Waals surface area contributed by atoms with Crippen LogP contribution < -0.4 is 20.5 Å². The SMILES string of the molecule is COc1ccc(Cn2ncc(N[C@@H](C)COCCS(=O)(=O)N3CCN4c5ncc(C(F)(F)F)cc5CC4C3)c(C(F)(F)F)c2=O)cc1. The molecule has 0 amide bonds. The maximum atomic E-state index is 14.0. The van der Waals surface area contributed by atoms with Gasteiger partial charge in [0.2, 0.25) is 10.0 Å². The fourth-order valence-electron chi connectivity index (χ4n) is 5.60. The number of hydrogen-bond acceptors (Lipinski definition) is 9. The zero-order valence-corrected chi connectivity index (χ0v) is 26.1. The van der Waals surface area contributed by atoms with Gasteiger partial charge in [-0.1, -0.05) is 12.1 Å². The van der Waals surface area contributed by atoms with Crippen LogP contribution >= 0.6 is 0 Å². The summed E-state index contributed by atoms with van der Waals surface area (Å²) in [7, 11) is -2.34. The maximum absolute atomic E-state index is 14.0. The van der Waals surface area contributed by atoms with Gasteiger partial charge in [0.1, 0.15) is 17.1 Å². The van der Waals surface area contributed by atoms with E-state index in [-0.39, 0.29) is 51.9 Å². The molecule has 0 bridgehead atoms. The molecule has 2 aromatic heterocycles. The molecule has 1 unspecified atom stereocenters. The number of rotatable bonds is 11. The van der Waals surface area contributed by atoms with E-state index in [1.54, 1.807) is 24.3 Å². The lowest BCUT2D eigenvalue weighted by molar-refractivity contribution is -0.139. The molecule has 3 aromatic rings. The second kappa shape index (κ2) is 13.3. The number of nitrogens with zero attached hydrogens (tertiary/aromatic N) is 5. The van der Waals surface area contributed by atoms with Crippen molar-refractivity contribution in [2.45, 2.75) is 44.3 Å². The summed E-state index contributed by atoms with van der Waals surface area (Å²) in [4.78, 5) is 18.6. The van der Waals surface area contributed by atoms with Gasteiger partial charge in [0, 0.05) is 37.9 Å². The number of sulfonamides is 1. The highest BCUT2D eigenvalue weighted by atomic mass is 32.2. The van der Waals surface area contributed by atoms with Crippen LogP contribution in [0.4, 0.5) is 37.8 Å². The number of nitrogens with one attached hydrogen (secondary N) is 1. The standard InChI is InChI=1S/C29H32F6N6O5S/c1-18(38-24-14-37-41(27(42)25(24)29(33,34)35)15-19-3-5-23(45-2)6-4-19)17-46-9-10-47(43,44)39-7-8-40-22(16-39)12-20-11-21(28(30,31)32)13-36-26(20)40/h3-6,11,13-14,18,22,38H,7-10,12,15-17H2,1-2H3/t18-,22?/m0/s1. The minimum Gasteiger partial charge on any atom is -0.497 e. The van der Waals surface area contributed by atoms with Crippen molar-refractivity contribution in [3.8, 4) is 5.75 Å². The van der Waals surface area contributed by atoms with Crippen molar-refractivity contribution < 1.29 is 44.2 Å². The molecule has 0 aliphatic carbocycles. The highest BCUT2D eigenvalue weighted by Crippen LogP contribution is 2.37. The molecule has 256 valence electrons. The van der Waals surface area contributed by atoms with E-state index < -0.39 is 56.5 Å². The van der Waals surface area contributed by atoms with E-state index >= 15 is 0 Å². The molecule has 0 saturated carbocycles. The van der Waals surface area contributed by atoms with Crippen LogP contribution in [0.15, 0.2) is 47.5 Å². The zero-order valence-electron chi connectivity index (χ0n) is 25.3. The van der Waals surface area contributed by atoms with Crippen molar-refractivity contribution in [3.05, 3.63) is 75.3 Å². The Hall–Kier alpha value is -3.90. The quantitative estimate of drug-likeness (QED) is 0.238. The number of benzene rings is 1. The summed E-state index contributed by atoms with van der Waals surface area (Å²) < 4.78 is 120. The molecule has 18 heteroatoms. The first-order valence-electron chi connectivity index (χ1n) is 14.5. The molecule has 47 heavy (non-hydrogen) atoms. The van der Waals surface area contributed by atoms with Crippen molar-refractivity contribution in [1.29, 1.82) is 0 Å². The van der Waals surface area contributed by atoms with Crippen LogP contribution in [0.5, 0.6) is 5.75 Å². The summed E-state index contributed by atoms with van der Waals surface area (Å²) in [6, 6.07) is 6.35. The minimum absolute atomic E-state index is 0.0647. The fourth-order valence-corrected chi connectivity index (χ4v) is 6.95. The van der Waals surface area contributed by atoms with Gasteiger partial charge in [-0.3, -0.25) is 4.79 Å². The fraction of sp³-hybridized carbons (Fsp3) is 0.483. The Labute approximate surface area is 266 Å². The number of piperazine rings is 1. The number of pyridine rings is 1. The smallest absolute Gasteiger partial charge is 0.423 e. The van der Waals surface area contributed by atoms with E-state index in [1.807, 2.05) is 4.90 Å². The molecule has 0 spiro atoms. The minimum atomic E-state index is -4.99. The van der Waals surface area contributed by atoms with Crippen molar-refractivity contribution in [2.24, 2.45) is 0 Å². The van der Waals surface area contributed by atoms with Crippen LogP contribution in [0.3, 0.4) is 0 Å². The van der Waals surface area contributed by atoms with Crippen LogP contribution in [0.2, 0.25) is 0 Å². The predicted octanol–water partition coefficient (Wildman–Crippen LogP) is 3.63. The third kappa shape index (κ3) is 7.81. The molecule has 11 nitrogen and oxygen atoms in total. The summed E-state index contributed by atoms with van der Waals surface area (Å²) in [6.45, 7) is 1.30. The molecule has 2 aliphatic heterocycles. The molecule has 4 heterocycles. The van der Waals surface area contributed by atoms with Crippen LogP contribution in [0.25, 0.3) is 0 Å². The third-order valence-corrected chi connectivity index (χ3v) is 9.71. The van der Waals surface area contributed by atoms with E-state index in [0.29, 0.717) is 27.4 Å². The highest BCUT2D eigenvalue weighted by Gasteiger charge is 2.41. The molecule has 1 N–H and O–H groups in total. The summed E-state index contributed by atoms with van der Waals surface area (Å²) in [6.07, 6.45) is -7.62. The number of alkyl halides is 6. The van der Waals surface area contributed by atoms with Gasteiger partial charge in [0.25, 0.3) is 5.56 Å². The van der Waals surface area contributed by atoms with E-state index in [9.17, 15) is 39.6 Å². The molecule has 5 rings (SSSR count). The molecule has 1 aromatic carbocycles. The number of anilines is 2. The third-order valence-electron chi connectivity index (χ3n) is 7.91. The number of fused-ring (bicyclic) bond motifs is 3. The number of methoxy groups -OCH3 is 1. The van der Waals surface area contributed by atoms with Crippen LogP contribution in [-0.2, 0) is 40.1 Å². The molecular formula is C29H32F6N6O5S. The van der Waals surface area contributed by atoms with Crippen molar-refractivity contribution in [1.82, 2.24) is 19.1 Å². The molecule has 2 aliphatic rings. The second-order valence-corrected chi connectivity index (χ2v) is 13.4. The van der Waals surface area contributed by atoms with Crippen LogP contribution in [0, 0.1) is 0 Å². The van der Waals surface area contributed by atoms with Gasteiger partial charge in [0.05, 0.1) is 50.1 Å². The van der Waals surface area contributed by atoms with Gasteiger partial charge in [-0.25, -0.2) is 18.1 Å². The second-order valence-electron chi connectivity index (χ2n) is 11.3. The van der Waals surface area contributed by atoms with Gasteiger partial charge >= 0.3 is 12.4 Å². The Balaban J connectivity index is 1.14. The van der Waals surface area contributed by atoms with Gasteiger partial charge in [-0.15, -0.1) is 0 Å². The van der Waals surface area contributed by atoms with Crippen molar-refractivity contribution in [3.63, 3.8) is 0 Å². The normalized spacial score (nSPS) is 17.7. The lowest BCUT2D eigenvalue weighted by Crippen LogP contribution is -2.54. The van der Waals surface area contributed by atoms with E-state index in [1.165, 1.54) is 18.3 Å². The van der Waals surface area contributed by atoms with Crippen molar-refractivity contribution >= 4 is 21.5 Å². The van der Waals surface area contributed by atoms with Crippen LogP contribution in [0.1, 0.15) is 29.2 Å². The average molecular weight is 691 g/mol. The van der Waals surface area contributed by atoms with Crippen molar-refractivity contribution in [2.75, 3.05) is 55.9 Å². The molecular weight excluding hydrogens is 658 g/mol. The molecule has 1 fully saturated rings. The van der Waals surface area contributed by atoms with Gasteiger partial charge in [-0.2, -0.15) is 35.7 Å². The van der Waals surface area contributed by atoms with Gasteiger partial charge in [-0.05, 0) is 42.7 Å². The van der Waals surface area contributed by atoms with Gasteiger partial charge in [0.15, 0.2) is 0 Å². The summed E-state index contributed by atoms with van der Waals surface area (Å²) in [5.74, 6) is 0.554.